The van der Waals surface area contributed by atoms with E-state index in [0.717, 1.165) is 33.3 Å². The Balaban J connectivity index is 0.00000288. The van der Waals surface area contributed by atoms with Gasteiger partial charge in [-0.3, -0.25) is 4.79 Å². The van der Waals surface area contributed by atoms with Crippen molar-refractivity contribution in [3.63, 3.8) is 0 Å². The third-order valence-electron chi connectivity index (χ3n) is 3.72. The van der Waals surface area contributed by atoms with Crippen LogP contribution < -0.4 is 10.0 Å². The van der Waals surface area contributed by atoms with Gasteiger partial charge in [0, 0.05) is 5.56 Å². The van der Waals surface area contributed by atoms with Crippen molar-refractivity contribution in [3.8, 4) is 5.75 Å². The topological polar surface area (TPSA) is 26.3 Å². The number of rotatable bonds is 5. The molecular formula is C20H26LiO2P. The van der Waals surface area contributed by atoms with Crippen LogP contribution in [0.25, 0.3) is 0 Å². The predicted octanol–water partition coefficient (Wildman–Crippen LogP) is 4.20. The third-order valence-corrected chi connectivity index (χ3v) is 5.03. The van der Waals surface area contributed by atoms with E-state index < -0.39 is 0 Å². The first-order valence-corrected chi connectivity index (χ1v) is 8.94. The quantitative estimate of drug-likeness (QED) is 0.604. The maximum absolute atomic E-state index is 12.8. The summed E-state index contributed by atoms with van der Waals surface area (Å²) in [5.41, 5.74) is 5.52. The van der Waals surface area contributed by atoms with Gasteiger partial charge in [-0.25, -0.2) is 0 Å². The first kappa shape index (κ1) is 21.0. The third kappa shape index (κ3) is 5.22. The van der Waals surface area contributed by atoms with Gasteiger partial charge in [0.05, 0.1) is 6.10 Å². The molecule has 0 spiro atoms. The molecule has 24 heavy (non-hydrogen) atoms. The van der Waals surface area contributed by atoms with Crippen molar-refractivity contribution in [1.82, 2.24) is 0 Å². The van der Waals surface area contributed by atoms with E-state index in [-0.39, 0.29) is 39.1 Å². The standard InChI is InChI=1S/C20H25O2P.Li.H/c1-12(2)22-17-7-8-18(14(4)11-17)23-20(21)19-15(5)9-13(3)10-16(19)6;;/h7-12,23H,1-6H3;;. The van der Waals surface area contributed by atoms with Gasteiger partial charge in [0.2, 0.25) is 0 Å². The molecule has 2 rings (SSSR count). The van der Waals surface area contributed by atoms with Crippen LogP contribution >= 0.6 is 8.58 Å². The second kappa shape index (κ2) is 8.86. The number of hydrogen-bond donors (Lipinski definition) is 0. The Morgan fingerprint density at radius 2 is 1.54 bits per heavy atom. The van der Waals surface area contributed by atoms with Crippen LogP contribution in [-0.4, -0.2) is 30.5 Å². The fraction of sp³-hybridized carbons (Fsp3) is 0.350. The average Bonchev–Trinajstić information content (AvgIpc) is 2.40. The van der Waals surface area contributed by atoms with E-state index in [1.165, 1.54) is 5.56 Å². The molecule has 124 valence electrons. The molecule has 0 saturated carbocycles. The Hall–Kier alpha value is -1.06. The fourth-order valence-corrected chi connectivity index (χ4v) is 4.04. The Morgan fingerprint density at radius 3 is 2.04 bits per heavy atom. The van der Waals surface area contributed by atoms with Crippen LogP contribution in [0, 0.1) is 27.7 Å². The van der Waals surface area contributed by atoms with Crippen molar-refractivity contribution in [2.75, 3.05) is 0 Å². The molecule has 0 aromatic heterocycles. The predicted molar refractivity (Wildman–Crippen MR) is 107 cm³/mol. The molecule has 1 atom stereocenters. The van der Waals surface area contributed by atoms with Crippen LogP contribution in [-0.2, 0) is 0 Å². The molecule has 1 unspecified atom stereocenters. The zero-order chi connectivity index (χ0) is 17.1. The average molecular weight is 336 g/mol. The Kier molecular flexibility index (Phi) is 7.75. The molecule has 4 heteroatoms. The van der Waals surface area contributed by atoms with Crippen LogP contribution in [0.2, 0.25) is 0 Å². The maximum atomic E-state index is 12.8. The van der Waals surface area contributed by atoms with E-state index >= 15 is 0 Å². The molecule has 0 saturated heterocycles. The Bertz CT molecular complexity index is 715. The number of hydrogen-bond acceptors (Lipinski definition) is 2. The van der Waals surface area contributed by atoms with Crippen molar-refractivity contribution < 1.29 is 9.53 Å². The number of benzene rings is 2. The summed E-state index contributed by atoms with van der Waals surface area (Å²) in [5.74, 6) is 0.862. The van der Waals surface area contributed by atoms with Gasteiger partial charge in [-0.05, 0) is 84.3 Å². The van der Waals surface area contributed by atoms with Crippen LogP contribution in [0.15, 0.2) is 30.3 Å². The van der Waals surface area contributed by atoms with Gasteiger partial charge in [-0.2, -0.15) is 0 Å². The van der Waals surface area contributed by atoms with E-state index in [0.29, 0.717) is 0 Å². The van der Waals surface area contributed by atoms with Gasteiger partial charge in [-0.1, -0.05) is 23.8 Å². The summed E-state index contributed by atoms with van der Waals surface area (Å²) in [7, 11) is 0.142. The molecule has 2 aromatic rings. The molecule has 0 aliphatic heterocycles. The van der Waals surface area contributed by atoms with Gasteiger partial charge in [0.15, 0.2) is 5.52 Å². The molecule has 0 heterocycles. The van der Waals surface area contributed by atoms with Gasteiger partial charge in [-0.15, -0.1) is 0 Å². The molecule has 2 aromatic carbocycles. The first-order valence-electron chi connectivity index (χ1n) is 7.94. The fourth-order valence-electron chi connectivity index (χ4n) is 2.84. The van der Waals surface area contributed by atoms with Crippen molar-refractivity contribution in [3.05, 3.63) is 58.1 Å². The molecule has 0 amide bonds. The van der Waals surface area contributed by atoms with E-state index in [1.807, 2.05) is 52.8 Å². The summed E-state index contributed by atoms with van der Waals surface area (Å²) in [6.45, 7) is 12.2. The van der Waals surface area contributed by atoms with Gasteiger partial charge >= 0.3 is 18.9 Å². The van der Waals surface area contributed by atoms with Crippen LogP contribution in [0.5, 0.6) is 5.75 Å². The van der Waals surface area contributed by atoms with Gasteiger partial charge in [0.25, 0.3) is 0 Å². The summed E-state index contributed by atoms with van der Waals surface area (Å²) in [5, 5.41) is 1.09. The van der Waals surface area contributed by atoms with Crippen molar-refractivity contribution in [2.24, 2.45) is 0 Å². The van der Waals surface area contributed by atoms with E-state index in [2.05, 4.69) is 19.1 Å². The Morgan fingerprint density at radius 1 is 0.958 bits per heavy atom. The monoisotopic (exact) mass is 336 g/mol. The molecule has 0 bridgehead atoms. The van der Waals surface area contributed by atoms with Gasteiger partial charge < -0.3 is 4.74 Å². The van der Waals surface area contributed by atoms with E-state index in [9.17, 15) is 4.79 Å². The van der Waals surface area contributed by atoms with Crippen molar-refractivity contribution in [1.29, 1.82) is 0 Å². The van der Waals surface area contributed by atoms with Crippen molar-refractivity contribution >= 4 is 38.3 Å². The minimum absolute atomic E-state index is 0. The van der Waals surface area contributed by atoms with Crippen LogP contribution in [0.4, 0.5) is 0 Å². The number of aryl methyl sites for hydroxylation is 4. The van der Waals surface area contributed by atoms with E-state index in [4.69, 9.17) is 4.74 Å². The molecule has 0 aliphatic rings. The van der Waals surface area contributed by atoms with Crippen LogP contribution in [0.3, 0.4) is 0 Å². The number of carbonyl (C=O) groups excluding carboxylic acids is 1. The van der Waals surface area contributed by atoms with Gasteiger partial charge in [0.1, 0.15) is 5.75 Å². The zero-order valence-electron chi connectivity index (χ0n) is 14.8. The summed E-state index contributed by atoms with van der Waals surface area (Å²) in [6.07, 6.45) is 0.155. The molecular weight excluding hydrogens is 310 g/mol. The summed E-state index contributed by atoms with van der Waals surface area (Å²) >= 11 is 0. The SMILES string of the molecule is Cc1cc(C)c(C(=O)Pc2ccc(OC(C)C)cc2C)c(C)c1.[LiH]. The summed E-state index contributed by atoms with van der Waals surface area (Å²) in [6, 6.07) is 10.2. The summed E-state index contributed by atoms with van der Waals surface area (Å²) < 4.78 is 5.71. The molecule has 0 fully saturated rings. The first-order chi connectivity index (χ1) is 10.8. The Labute approximate surface area is 159 Å². The van der Waals surface area contributed by atoms with Crippen LogP contribution in [0.1, 0.15) is 46.5 Å². The molecule has 2 nitrogen and oxygen atoms in total. The molecule has 0 radical (unpaired) electrons. The minimum atomic E-state index is 0. The number of ether oxygens (including phenoxy) is 1. The molecule has 0 aliphatic carbocycles. The molecule has 0 N–H and O–H groups in total. The zero-order valence-corrected chi connectivity index (χ0v) is 15.8. The second-order valence-corrected chi connectivity index (χ2v) is 7.61. The second-order valence-electron chi connectivity index (χ2n) is 6.37. The normalized spacial score (nSPS) is 11.0. The van der Waals surface area contributed by atoms with E-state index in [1.54, 1.807) is 0 Å². The number of carbonyl (C=O) groups is 1. The summed E-state index contributed by atoms with van der Waals surface area (Å²) in [4.78, 5) is 12.8. The van der Waals surface area contributed by atoms with Crippen molar-refractivity contribution in [2.45, 2.75) is 47.6 Å².